The van der Waals surface area contributed by atoms with E-state index < -0.39 is 0 Å². The lowest BCUT2D eigenvalue weighted by molar-refractivity contribution is 0.112. The van der Waals surface area contributed by atoms with Crippen LogP contribution >= 0.6 is 0 Å². The Bertz CT molecular complexity index is 308. The van der Waals surface area contributed by atoms with Crippen molar-refractivity contribution in [1.29, 1.82) is 0 Å². The number of aldehydes is 1. The second-order valence-electron chi connectivity index (χ2n) is 3.44. The Labute approximate surface area is 78.1 Å². The number of ether oxygens (including phenoxy) is 1. The Morgan fingerprint density at radius 2 is 2.46 bits per heavy atom. The Kier molecular flexibility index (Phi) is 2.34. The first kappa shape index (κ1) is 8.36. The summed E-state index contributed by atoms with van der Waals surface area (Å²) in [5.41, 5.74) is 0.674. The molecule has 0 aliphatic carbocycles. The van der Waals surface area contributed by atoms with Crippen molar-refractivity contribution in [3.63, 3.8) is 0 Å². The lowest BCUT2D eigenvalue weighted by atomic mass is 10.0. The summed E-state index contributed by atoms with van der Waals surface area (Å²) in [7, 11) is 1.29. The van der Waals surface area contributed by atoms with Crippen molar-refractivity contribution in [2.75, 3.05) is 6.61 Å². The summed E-state index contributed by atoms with van der Waals surface area (Å²) in [6, 6.07) is 7.27. The fraction of sp³-hybridized carbons (Fsp3) is 0.300. The summed E-state index contributed by atoms with van der Waals surface area (Å²) in [6.07, 6.45) is 2.12. The molecule has 0 bridgehead atoms. The van der Waals surface area contributed by atoms with E-state index in [4.69, 9.17) is 4.74 Å². The lowest BCUT2D eigenvalue weighted by Crippen LogP contribution is -1.96. The van der Waals surface area contributed by atoms with Gasteiger partial charge in [-0.05, 0) is 17.9 Å². The van der Waals surface area contributed by atoms with Crippen LogP contribution in [0.4, 0.5) is 0 Å². The van der Waals surface area contributed by atoms with Gasteiger partial charge >= 0.3 is 0 Å². The molecule has 0 amide bonds. The molecule has 1 unspecified atom stereocenters. The standard InChI is InChI=1S/C10H11BO2/c12-6-8-2-1-3-10(4-8)13-7-9-5-11-9/h1-4,6,9,11H,5,7H2. The molecule has 1 fully saturated rings. The Morgan fingerprint density at radius 3 is 3.15 bits per heavy atom. The lowest BCUT2D eigenvalue weighted by Gasteiger charge is -2.04. The van der Waals surface area contributed by atoms with Crippen LogP contribution in [0.15, 0.2) is 24.3 Å². The Balaban J connectivity index is 1.97. The molecule has 1 aromatic carbocycles. The maximum atomic E-state index is 10.5. The van der Waals surface area contributed by atoms with Gasteiger partial charge in [0.2, 0.25) is 0 Å². The molecule has 0 N–H and O–H groups in total. The molecule has 66 valence electrons. The van der Waals surface area contributed by atoms with Gasteiger partial charge in [-0.3, -0.25) is 4.79 Å². The van der Waals surface area contributed by atoms with E-state index in [1.165, 1.54) is 13.6 Å². The minimum atomic E-state index is 0.674. The van der Waals surface area contributed by atoms with E-state index in [1.807, 2.05) is 12.1 Å². The van der Waals surface area contributed by atoms with Gasteiger partial charge < -0.3 is 4.74 Å². The zero-order valence-corrected chi connectivity index (χ0v) is 7.40. The summed E-state index contributed by atoms with van der Waals surface area (Å²) in [6.45, 7) is 0.794. The SMILES string of the molecule is O=Cc1cccc(OCC2BC2)c1. The third kappa shape index (κ3) is 2.34. The quantitative estimate of drug-likeness (QED) is 0.511. The third-order valence-electron chi connectivity index (χ3n) is 2.18. The van der Waals surface area contributed by atoms with Gasteiger partial charge in [-0.1, -0.05) is 18.5 Å². The second kappa shape index (κ2) is 3.65. The van der Waals surface area contributed by atoms with Gasteiger partial charge in [-0.25, -0.2) is 0 Å². The van der Waals surface area contributed by atoms with Crippen LogP contribution < -0.4 is 4.74 Å². The van der Waals surface area contributed by atoms with Gasteiger partial charge in [-0.2, -0.15) is 0 Å². The van der Waals surface area contributed by atoms with E-state index in [0.29, 0.717) is 5.56 Å². The maximum absolute atomic E-state index is 10.5. The molecule has 0 spiro atoms. The molecule has 1 atom stereocenters. The molecule has 1 saturated heterocycles. The molecule has 13 heavy (non-hydrogen) atoms. The van der Waals surface area contributed by atoms with Crippen molar-refractivity contribution in [2.45, 2.75) is 12.1 Å². The summed E-state index contributed by atoms with van der Waals surface area (Å²) in [4.78, 5) is 10.5. The number of benzene rings is 1. The molecule has 3 heteroatoms. The van der Waals surface area contributed by atoms with Crippen LogP contribution in [-0.4, -0.2) is 20.2 Å². The topological polar surface area (TPSA) is 26.3 Å². The van der Waals surface area contributed by atoms with Crippen molar-refractivity contribution < 1.29 is 9.53 Å². The predicted molar refractivity (Wildman–Crippen MR) is 53.0 cm³/mol. The Hall–Kier alpha value is -1.25. The summed E-state index contributed by atoms with van der Waals surface area (Å²) in [5, 5.41) is 0. The number of carbonyl (C=O) groups is 1. The molecule has 1 aromatic rings. The molecular weight excluding hydrogens is 163 g/mol. The van der Waals surface area contributed by atoms with Crippen LogP contribution in [0.3, 0.4) is 0 Å². The molecule has 0 saturated carbocycles. The van der Waals surface area contributed by atoms with Crippen LogP contribution in [0, 0.1) is 0 Å². The zero-order valence-electron chi connectivity index (χ0n) is 7.40. The summed E-state index contributed by atoms with van der Waals surface area (Å²) < 4.78 is 5.51. The van der Waals surface area contributed by atoms with Crippen LogP contribution in [-0.2, 0) is 0 Å². The normalized spacial score (nSPS) is 18.9. The maximum Gasteiger partial charge on any atom is 0.150 e. The first-order valence-electron chi connectivity index (χ1n) is 4.56. The van der Waals surface area contributed by atoms with E-state index in [1.54, 1.807) is 12.1 Å². The van der Waals surface area contributed by atoms with Gasteiger partial charge in [0.1, 0.15) is 19.3 Å². The van der Waals surface area contributed by atoms with Crippen LogP contribution in [0.25, 0.3) is 0 Å². The van der Waals surface area contributed by atoms with Crippen molar-refractivity contribution in [1.82, 2.24) is 0 Å². The molecule has 2 rings (SSSR count). The molecule has 1 aliphatic rings. The first-order chi connectivity index (χ1) is 6.38. The van der Waals surface area contributed by atoms with Crippen molar-refractivity contribution in [3.8, 4) is 5.75 Å². The average Bonchev–Trinajstić information content (AvgIpc) is 2.99. The average molecular weight is 174 g/mol. The summed E-state index contributed by atoms with van der Waals surface area (Å²) in [5.74, 6) is 1.55. The molecule has 2 nitrogen and oxygen atoms in total. The largest absolute Gasteiger partial charge is 0.494 e. The number of rotatable bonds is 4. The molecular formula is C10H11BO2. The minimum absolute atomic E-state index is 0.674. The van der Waals surface area contributed by atoms with E-state index in [-0.39, 0.29) is 0 Å². The van der Waals surface area contributed by atoms with Gasteiger partial charge in [0.15, 0.2) is 0 Å². The highest BCUT2D eigenvalue weighted by Crippen LogP contribution is 2.27. The van der Waals surface area contributed by atoms with Gasteiger partial charge in [0.25, 0.3) is 0 Å². The van der Waals surface area contributed by atoms with Crippen LogP contribution in [0.2, 0.25) is 12.1 Å². The number of hydrogen-bond acceptors (Lipinski definition) is 2. The molecule has 0 radical (unpaired) electrons. The monoisotopic (exact) mass is 174 g/mol. The zero-order chi connectivity index (χ0) is 9.10. The van der Waals surface area contributed by atoms with Gasteiger partial charge in [0.05, 0.1) is 6.61 Å². The third-order valence-corrected chi connectivity index (χ3v) is 2.18. The van der Waals surface area contributed by atoms with Crippen molar-refractivity contribution in [3.05, 3.63) is 29.8 Å². The number of hydrogen-bond donors (Lipinski definition) is 0. The van der Waals surface area contributed by atoms with Gasteiger partial charge in [0, 0.05) is 5.56 Å². The summed E-state index contributed by atoms with van der Waals surface area (Å²) >= 11 is 0. The fourth-order valence-corrected chi connectivity index (χ4v) is 1.18. The van der Waals surface area contributed by atoms with Crippen LogP contribution in [0.5, 0.6) is 5.75 Å². The number of carbonyl (C=O) groups excluding carboxylic acids is 1. The van der Waals surface area contributed by atoms with E-state index in [2.05, 4.69) is 0 Å². The van der Waals surface area contributed by atoms with Gasteiger partial charge in [-0.15, -0.1) is 0 Å². The predicted octanol–water partition coefficient (Wildman–Crippen LogP) is 1.53. The highest BCUT2D eigenvalue weighted by molar-refractivity contribution is 6.50. The molecule has 1 aliphatic heterocycles. The van der Waals surface area contributed by atoms with E-state index in [0.717, 1.165) is 24.5 Å². The van der Waals surface area contributed by atoms with Crippen molar-refractivity contribution >= 4 is 13.6 Å². The minimum Gasteiger partial charge on any atom is -0.494 e. The van der Waals surface area contributed by atoms with Crippen molar-refractivity contribution in [2.24, 2.45) is 0 Å². The fourth-order valence-electron chi connectivity index (χ4n) is 1.18. The smallest absolute Gasteiger partial charge is 0.150 e. The molecule has 1 heterocycles. The Morgan fingerprint density at radius 1 is 1.62 bits per heavy atom. The second-order valence-corrected chi connectivity index (χ2v) is 3.44. The highest BCUT2D eigenvalue weighted by Gasteiger charge is 2.23. The highest BCUT2D eigenvalue weighted by atomic mass is 16.5. The van der Waals surface area contributed by atoms with E-state index >= 15 is 0 Å². The van der Waals surface area contributed by atoms with Crippen LogP contribution in [0.1, 0.15) is 10.4 Å². The van der Waals surface area contributed by atoms with E-state index in [9.17, 15) is 4.79 Å². The first-order valence-corrected chi connectivity index (χ1v) is 4.56. The molecule has 0 aromatic heterocycles.